The van der Waals surface area contributed by atoms with Crippen molar-refractivity contribution in [2.24, 2.45) is 5.73 Å². The number of rotatable bonds is 5. The lowest BCUT2D eigenvalue weighted by atomic mass is 10.1. The summed E-state index contributed by atoms with van der Waals surface area (Å²) in [5.74, 6) is 0. The summed E-state index contributed by atoms with van der Waals surface area (Å²) in [6.07, 6.45) is 6.59. The van der Waals surface area contributed by atoms with Gasteiger partial charge in [-0.25, -0.2) is 0 Å². The largest absolute Gasteiger partial charge is 0.329 e. The van der Waals surface area contributed by atoms with Crippen molar-refractivity contribution in [3.63, 3.8) is 0 Å². The molecule has 0 aromatic carbocycles. The monoisotopic (exact) mass is 208 g/mol. The fraction of sp³-hybridized carbons (Fsp3) is 0.727. The summed E-state index contributed by atoms with van der Waals surface area (Å²) in [6, 6.07) is 1.36. The Labute approximate surface area is 90.8 Å². The Hall–Kier alpha value is -0.870. The molecule has 1 unspecified atom stereocenters. The summed E-state index contributed by atoms with van der Waals surface area (Å²) in [4.78, 5) is 0. The first kappa shape index (κ1) is 10.6. The van der Waals surface area contributed by atoms with Gasteiger partial charge in [-0.1, -0.05) is 0 Å². The number of nitrogens with zero attached hydrogens (tertiary/aromatic N) is 2. The molecule has 4 heteroatoms. The van der Waals surface area contributed by atoms with Crippen molar-refractivity contribution in [3.05, 3.63) is 18.0 Å². The lowest BCUT2D eigenvalue weighted by Crippen LogP contribution is -2.29. The summed E-state index contributed by atoms with van der Waals surface area (Å²) in [7, 11) is 0. The molecule has 1 aliphatic rings. The topological polar surface area (TPSA) is 55.9 Å². The van der Waals surface area contributed by atoms with Gasteiger partial charge in [0.2, 0.25) is 0 Å². The summed E-state index contributed by atoms with van der Waals surface area (Å²) in [5.41, 5.74) is 6.97. The molecule has 2 rings (SSSR count). The molecule has 15 heavy (non-hydrogen) atoms. The van der Waals surface area contributed by atoms with Crippen LogP contribution < -0.4 is 11.1 Å². The van der Waals surface area contributed by atoms with Crippen molar-refractivity contribution in [1.29, 1.82) is 0 Å². The van der Waals surface area contributed by atoms with Crippen molar-refractivity contribution in [2.75, 3.05) is 6.54 Å². The Kier molecular flexibility index (Phi) is 3.07. The molecule has 1 fully saturated rings. The molecule has 1 atom stereocenters. The van der Waals surface area contributed by atoms with Gasteiger partial charge in [0.25, 0.3) is 0 Å². The van der Waals surface area contributed by atoms with E-state index in [1.807, 2.05) is 10.9 Å². The van der Waals surface area contributed by atoms with Gasteiger partial charge >= 0.3 is 0 Å². The third-order valence-electron chi connectivity index (χ3n) is 2.80. The van der Waals surface area contributed by atoms with E-state index in [1.165, 1.54) is 18.4 Å². The van der Waals surface area contributed by atoms with E-state index in [4.69, 9.17) is 5.73 Å². The number of nitrogens with one attached hydrogen (secondary N) is 1. The van der Waals surface area contributed by atoms with Crippen LogP contribution in [0.4, 0.5) is 0 Å². The third kappa shape index (κ3) is 2.58. The van der Waals surface area contributed by atoms with Crippen molar-refractivity contribution >= 4 is 0 Å². The summed E-state index contributed by atoms with van der Waals surface area (Å²) in [6.45, 7) is 4.89. The Balaban J connectivity index is 2.04. The highest BCUT2D eigenvalue weighted by Gasteiger charge is 2.25. The zero-order chi connectivity index (χ0) is 10.8. The first-order chi connectivity index (χ1) is 7.20. The smallest absolute Gasteiger partial charge is 0.0538 e. The van der Waals surface area contributed by atoms with Gasteiger partial charge in [-0.2, -0.15) is 5.10 Å². The van der Waals surface area contributed by atoms with Crippen LogP contribution in [0.3, 0.4) is 0 Å². The molecule has 0 bridgehead atoms. The van der Waals surface area contributed by atoms with Gasteiger partial charge in [0, 0.05) is 36.4 Å². The molecule has 0 amide bonds. The highest BCUT2D eigenvalue weighted by Crippen LogP contribution is 2.23. The van der Waals surface area contributed by atoms with Crippen molar-refractivity contribution in [2.45, 2.75) is 44.8 Å². The van der Waals surface area contributed by atoms with E-state index in [-0.39, 0.29) is 6.04 Å². The fourth-order valence-electron chi connectivity index (χ4n) is 1.65. The van der Waals surface area contributed by atoms with Gasteiger partial charge in [0.15, 0.2) is 0 Å². The van der Waals surface area contributed by atoms with E-state index >= 15 is 0 Å². The van der Waals surface area contributed by atoms with Gasteiger partial charge in [-0.3, -0.25) is 4.68 Å². The molecular formula is C11H20N4. The van der Waals surface area contributed by atoms with Crippen LogP contribution in [-0.2, 0) is 0 Å². The summed E-state index contributed by atoms with van der Waals surface area (Å²) < 4.78 is 1.98. The minimum absolute atomic E-state index is 0.269. The standard InChI is InChI=1S/C11H20N4/c1-8(2)15-7-9(6-13-15)11(5-12)14-10-3-4-10/h6-8,10-11,14H,3-5,12H2,1-2H3. The van der Waals surface area contributed by atoms with Crippen LogP contribution in [0.5, 0.6) is 0 Å². The van der Waals surface area contributed by atoms with Crippen LogP contribution in [0, 0.1) is 0 Å². The second-order valence-electron chi connectivity index (χ2n) is 4.58. The average molecular weight is 208 g/mol. The molecule has 0 aliphatic heterocycles. The molecule has 0 saturated heterocycles. The average Bonchev–Trinajstić information content (AvgIpc) is 2.89. The van der Waals surface area contributed by atoms with E-state index in [2.05, 4.69) is 30.5 Å². The maximum absolute atomic E-state index is 5.77. The van der Waals surface area contributed by atoms with Crippen LogP contribution in [0.1, 0.15) is 44.3 Å². The van der Waals surface area contributed by atoms with E-state index < -0.39 is 0 Å². The second kappa shape index (κ2) is 4.33. The summed E-state index contributed by atoms with van der Waals surface area (Å²) >= 11 is 0. The molecular weight excluding hydrogens is 188 g/mol. The van der Waals surface area contributed by atoms with E-state index in [0.29, 0.717) is 18.6 Å². The molecule has 1 aliphatic carbocycles. The number of hydrogen-bond acceptors (Lipinski definition) is 3. The van der Waals surface area contributed by atoms with Crippen LogP contribution >= 0.6 is 0 Å². The second-order valence-corrected chi connectivity index (χ2v) is 4.58. The van der Waals surface area contributed by atoms with E-state index in [0.717, 1.165) is 0 Å². The minimum atomic E-state index is 0.269. The molecule has 1 saturated carbocycles. The normalized spacial score (nSPS) is 18.4. The lowest BCUT2D eigenvalue weighted by molar-refractivity contribution is 0.522. The molecule has 3 N–H and O–H groups in total. The van der Waals surface area contributed by atoms with Gasteiger partial charge in [-0.05, 0) is 26.7 Å². The van der Waals surface area contributed by atoms with E-state index in [1.54, 1.807) is 0 Å². The Morgan fingerprint density at radius 2 is 2.33 bits per heavy atom. The van der Waals surface area contributed by atoms with Crippen molar-refractivity contribution < 1.29 is 0 Å². The van der Waals surface area contributed by atoms with E-state index in [9.17, 15) is 0 Å². The molecule has 1 heterocycles. The number of aromatic nitrogens is 2. The number of hydrogen-bond donors (Lipinski definition) is 2. The van der Waals surface area contributed by atoms with Gasteiger partial charge in [0.1, 0.15) is 0 Å². The molecule has 0 radical (unpaired) electrons. The van der Waals surface area contributed by atoms with Gasteiger partial charge in [0.05, 0.1) is 6.20 Å². The maximum Gasteiger partial charge on any atom is 0.0538 e. The highest BCUT2D eigenvalue weighted by atomic mass is 15.3. The molecule has 1 aromatic heterocycles. The maximum atomic E-state index is 5.77. The van der Waals surface area contributed by atoms with Gasteiger partial charge in [-0.15, -0.1) is 0 Å². The first-order valence-electron chi connectivity index (χ1n) is 5.71. The molecule has 4 nitrogen and oxygen atoms in total. The minimum Gasteiger partial charge on any atom is -0.329 e. The fourth-order valence-corrected chi connectivity index (χ4v) is 1.65. The zero-order valence-corrected chi connectivity index (χ0v) is 9.48. The quantitative estimate of drug-likeness (QED) is 0.765. The lowest BCUT2D eigenvalue weighted by Gasteiger charge is -2.14. The Morgan fingerprint density at radius 3 is 2.80 bits per heavy atom. The predicted octanol–water partition coefficient (Wildman–Crippen LogP) is 1.22. The highest BCUT2D eigenvalue weighted by molar-refractivity contribution is 5.12. The number of nitrogens with two attached hydrogens (primary N) is 1. The SMILES string of the molecule is CC(C)n1cc(C(CN)NC2CC2)cn1. The third-order valence-corrected chi connectivity index (χ3v) is 2.80. The summed E-state index contributed by atoms with van der Waals surface area (Å²) in [5, 5.41) is 7.86. The van der Waals surface area contributed by atoms with Crippen LogP contribution in [0.2, 0.25) is 0 Å². The molecule has 1 aromatic rings. The van der Waals surface area contributed by atoms with Crippen LogP contribution in [-0.4, -0.2) is 22.4 Å². The molecule has 0 spiro atoms. The first-order valence-corrected chi connectivity index (χ1v) is 5.71. The molecule has 84 valence electrons. The van der Waals surface area contributed by atoms with Crippen LogP contribution in [0.25, 0.3) is 0 Å². The predicted molar refractivity (Wildman–Crippen MR) is 60.6 cm³/mol. The van der Waals surface area contributed by atoms with Crippen molar-refractivity contribution in [3.8, 4) is 0 Å². The van der Waals surface area contributed by atoms with Crippen LogP contribution in [0.15, 0.2) is 12.4 Å². The van der Waals surface area contributed by atoms with Crippen molar-refractivity contribution in [1.82, 2.24) is 15.1 Å². The Morgan fingerprint density at radius 1 is 1.60 bits per heavy atom. The zero-order valence-electron chi connectivity index (χ0n) is 9.48. The van der Waals surface area contributed by atoms with Gasteiger partial charge < -0.3 is 11.1 Å². The Bertz CT molecular complexity index is 314.